The van der Waals surface area contributed by atoms with E-state index >= 15 is 0 Å². The Bertz CT molecular complexity index is 464. The van der Waals surface area contributed by atoms with Crippen LogP contribution < -0.4 is 0 Å². The Morgan fingerprint density at radius 2 is 1.65 bits per heavy atom. The summed E-state index contributed by atoms with van der Waals surface area (Å²) in [5, 5.41) is 0. The second-order valence-corrected chi connectivity index (χ2v) is 3.93. The van der Waals surface area contributed by atoms with E-state index in [2.05, 4.69) is 68.8 Å². The molecular formula is C19H26Y-2. The van der Waals surface area contributed by atoms with Crippen molar-refractivity contribution in [2.45, 2.75) is 34.1 Å². The number of rotatable bonds is 0. The van der Waals surface area contributed by atoms with E-state index in [9.17, 15) is 0 Å². The molecule has 0 heterocycles. The first-order valence-electron chi connectivity index (χ1n) is 6.77. The summed E-state index contributed by atoms with van der Waals surface area (Å²) >= 11 is 0. The number of allylic oxidation sites excluding steroid dienone is 5. The van der Waals surface area contributed by atoms with Gasteiger partial charge in [0.15, 0.2) is 0 Å². The summed E-state index contributed by atoms with van der Waals surface area (Å²) in [5.74, 6) is 0. The average molecular weight is 343 g/mol. The summed E-state index contributed by atoms with van der Waals surface area (Å²) in [7, 11) is 0. The van der Waals surface area contributed by atoms with E-state index in [4.69, 9.17) is 0 Å². The molecular weight excluding hydrogens is 317 g/mol. The van der Waals surface area contributed by atoms with Gasteiger partial charge in [-0.25, -0.2) is 0 Å². The maximum absolute atomic E-state index is 2.30. The molecule has 20 heavy (non-hydrogen) atoms. The minimum absolute atomic E-state index is 0. The molecule has 0 amide bonds. The van der Waals surface area contributed by atoms with Crippen LogP contribution in [-0.2, 0) is 32.7 Å². The number of fused-ring (bicyclic) bond motifs is 1. The summed E-state index contributed by atoms with van der Waals surface area (Å²) in [6, 6.07) is 8.52. The van der Waals surface area contributed by atoms with Gasteiger partial charge in [0.2, 0.25) is 0 Å². The van der Waals surface area contributed by atoms with Crippen molar-refractivity contribution in [2.75, 3.05) is 0 Å². The normalized spacial score (nSPS) is 18.0. The molecule has 0 spiro atoms. The van der Waals surface area contributed by atoms with E-state index in [0.717, 1.165) is 6.42 Å². The molecule has 0 aliphatic heterocycles. The SMILES string of the molecule is C/C=C1/C=C/c2ccccc2[CH-]C/C1=C/C.CC.[CH3-].[Y]. The first-order chi connectivity index (χ1) is 8.85. The van der Waals surface area contributed by atoms with Crippen LogP contribution in [0.5, 0.6) is 0 Å². The zero-order valence-corrected chi connectivity index (χ0v) is 16.3. The van der Waals surface area contributed by atoms with Crippen LogP contribution in [0, 0.1) is 13.8 Å². The summed E-state index contributed by atoms with van der Waals surface area (Å²) in [4.78, 5) is 0. The van der Waals surface area contributed by atoms with Crippen LogP contribution >= 0.6 is 0 Å². The van der Waals surface area contributed by atoms with Crippen molar-refractivity contribution in [3.63, 3.8) is 0 Å². The molecule has 0 saturated carbocycles. The van der Waals surface area contributed by atoms with Gasteiger partial charge in [-0.05, 0) is 19.4 Å². The standard InChI is InChI=1S/C16H17.C2H6.CH3.Y/c1-3-13-9-11-15-7-5-6-8-16(15)12-10-14(13)4-2;1-2;;/h3-9,11-12H,10H2,1-2H3;1-2H3;1H3;/q-1;;-1;/b11-9+,13-3-,14-4-;;;. The second-order valence-electron chi connectivity index (χ2n) is 3.93. The van der Waals surface area contributed by atoms with Gasteiger partial charge in [0.1, 0.15) is 0 Å². The minimum Gasteiger partial charge on any atom is -0.358 e. The van der Waals surface area contributed by atoms with Crippen LogP contribution in [0.4, 0.5) is 0 Å². The first-order valence-corrected chi connectivity index (χ1v) is 6.77. The van der Waals surface area contributed by atoms with Crippen molar-refractivity contribution >= 4 is 6.08 Å². The van der Waals surface area contributed by atoms with Gasteiger partial charge in [-0.15, -0.1) is 23.8 Å². The Morgan fingerprint density at radius 3 is 2.25 bits per heavy atom. The number of hydrogen-bond acceptors (Lipinski definition) is 0. The van der Waals surface area contributed by atoms with Gasteiger partial charge in [0, 0.05) is 32.7 Å². The summed E-state index contributed by atoms with van der Waals surface area (Å²) < 4.78 is 0. The van der Waals surface area contributed by atoms with Gasteiger partial charge < -0.3 is 7.43 Å². The van der Waals surface area contributed by atoms with Gasteiger partial charge in [-0.3, -0.25) is 0 Å². The monoisotopic (exact) mass is 343 g/mol. The van der Waals surface area contributed by atoms with Crippen LogP contribution in [0.15, 0.2) is 53.6 Å². The third-order valence-corrected chi connectivity index (χ3v) is 3.01. The van der Waals surface area contributed by atoms with E-state index < -0.39 is 0 Å². The average Bonchev–Trinajstić information content (AvgIpc) is 2.42. The molecule has 0 bridgehead atoms. The molecule has 0 fully saturated rings. The third-order valence-electron chi connectivity index (χ3n) is 3.01. The van der Waals surface area contributed by atoms with Crippen LogP contribution in [0.1, 0.15) is 45.2 Å². The van der Waals surface area contributed by atoms with Crippen LogP contribution in [0.2, 0.25) is 0 Å². The van der Waals surface area contributed by atoms with Crippen LogP contribution in [0.25, 0.3) is 6.08 Å². The topological polar surface area (TPSA) is 0 Å². The molecule has 1 heteroatoms. The maximum Gasteiger partial charge on any atom is 0 e. The fraction of sp³-hybridized carbons (Fsp3) is 0.263. The predicted octanol–water partition coefficient (Wildman–Crippen LogP) is 6.02. The minimum atomic E-state index is 0. The second kappa shape index (κ2) is 12.2. The largest absolute Gasteiger partial charge is 0.358 e. The zero-order chi connectivity index (χ0) is 13.4. The Kier molecular flexibility index (Phi) is 13.2. The van der Waals surface area contributed by atoms with Crippen molar-refractivity contribution in [1.82, 2.24) is 0 Å². The molecule has 0 aromatic heterocycles. The van der Waals surface area contributed by atoms with Gasteiger partial charge >= 0.3 is 0 Å². The van der Waals surface area contributed by atoms with E-state index in [1.165, 1.54) is 22.3 Å². The summed E-state index contributed by atoms with van der Waals surface area (Å²) in [6.07, 6.45) is 12.1. The molecule has 0 atom stereocenters. The van der Waals surface area contributed by atoms with Gasteiger partial charge in [-0.1, -0.05) is 50.1 Å². The van der Waals surface area contributed by atoms with Gasteiger partial charge in [-0.2, -0.15) is 18.1 Å². The summed E-state index contributed by atoms with van der Waals surface area (Å²) in [5.41, 5.74) is 5.35. The van der Waals surface area contributed by atoms with Crippen molar-refractivity contribution in [3.8, 4) is 0 Å². The fourth-order valence-corrected chi connectivity index (χ4v) is 2.04. The van der Waals surface area contributed by atoms with Crippen LogP contribution in [-0.4, -0.2) is 0 Å². The maximum atomic E-state index is 2.30. The van der Waals surface area contributed by atoms with E-state index in [1.54, 1.807) is 0 Å². The van der Waals surface area contributed by atoms with E-state index in [1.807, 2.05) is 13.8 Å². The zero-order valence-electron chi connectivity index (χ0n) is 13.5. The van der Waals surface area contributed by atoms with Gasteiger partial charge in [0.25, 0.3) is 0 Å². The third kappa shape index (κ3) is 5.81. The van der Waals surface area contributed by atoms with Crippen molar-refractivity contribution in [2.24, 2.45) is 0 Å². The Hall–Kier alpha value is -0.586. The van der Waals surface area contributed by atoms with E-state index in [-0.39, 0.29) is 40.1 Å². The summed E-state index contributed by atoms with van der Waals surface area (Å²) in [6.45, 7) is 8.20. The van der Waals surface area contributed by atoms with Gasteiger partial charge in [0.05, 0.1) is 0 Å². The Labute approximate surface area is 150 Å². The van der Waals surface area contributed by atoms with Crippen molar-refractivity contribution in [1.29, 1.82) is 0 Å². The van der Waals surface area contributed by atoms with Crippen molar-refractivity contribution in [3.05, 3.63) is 78.6 Å². The quantitative estimate of drug-likeness (QED) is 0.505. The molecule has 1 aromatic rings. The smallest absolute Gasteiger partial charge is 0 e. The Morgan fingerprint density at radius 1 is 1.00 bits per heavy atom. The van der Waals surface area contributed by atoms with Crippen LogP contribution in [0.3, 0.4) is 0 Å². The Balaban J connectivity index is 0. The molecule has 0 unspecified atom stereocenters. The molecule has 1 aliphatic rings. The molecule has 1 radical (unpaired) electrons. The number of benzene rings is 1. The molecule has 2 rings (SSSR count). The van der Waals surface area contributed by atoms with Crippen molar-refractivity contribution < 1.29 is 32.7 Å². The first kappa shape index (κ1) is 21.7. The fourth-order valence-electron chi connectivity index (χ4n) is 2.04. The molecule has 0 N–H and O–H groups in total. The number of hydrogen-bond donors (Lipinski definition) is 0. The molecule has 0 nitrogen and oxygen atoms in total. The molecule has 0 saturated heterocycles. The predicted molar refractivity (Wildman–Crippen MR) is 88.8 cm³/mol. The molecule has 107 valence electrons. The molecule has 1 aliphatic carbocycles. The van der Waals surface area contributed by atoms with E-state index in [0.29, 0.717) is 0 Å². The molecule has 1 aromatic carbocycles.